The summed E-state index contributed by atoms with van der Waals surface area (Å²) in [6.07, 6.45) is 1.92. The van der Waals surface area contributed by atoms with Crippen LogP contribution in [0, 0.1) is 6.92 Å². The predicted octanol–water partition coefficient (Wildman–Crippen LogP) is 1.52. The summed E-state index contributed by atoms with van der Waals surface area (Å²) in [4.78, 5) is 13.9. The van der Waals surface area contributed by atoms with Gasteiger partial charge in [0.1, 0.15) is 0 Å². The highest BCUT2D eigenvalue weighted by molar-refractivity contribution is 5.07. The second-order valence-electron chi connectivity index (χ2n) is 4.19. The van der Waals surface area contributed by atoms with Crippen LogP contribution in [0.1, 0.15) is 19.4 Å². The van der Waals surface area contributed by atoms with E-state index >= 15 is 0 Å². The minimum atomic E-state index is 0.0823. The van der Waals surface area contributed by atoms with E-state index in [1.165, 1.54) is 0 Å². The van der Waals surface area contributed by atoms with Crippen molar-refractivity contribution < 1.29 is 4.74 Å². The van der Waals surface area contributed by atoms with Gasteiger partial charge in [0.2, 0.25) is 0 Å². The van der Waals surface area contributed by atoms with Gasteiger partial charge in [0.25, 0.3) is 5.56 Å². The number of rotatable bonds is 3. The van der Waals surface area contributed by atoms with Crippen LogP contribution in [0.2, 0.25) is 0 Å². The molecule has 0 atom stereocenters. The molecule has 2 rings (SSSR count). The third kappa shape index (κ3) is 4.63. The average molecular weight is 252 g/mol. The van der Waals surface area contributed by atoms with E-state index in [4.69, 9.17) is 4.74 Å². The first kappa shape index (κ1) is 14.9. The van der Waals surface area contributed by atoms with Gasteiger partial charge in [0.05, 0.1) is 13.2 Å². The van der Waals surface area contributed by atoms with E-state index in [1.54, 1.807) is 10.6 Å². The van der Waals surface area contributed by atoms with Crippen LogP contribution in [0.4, 0.5) is 0 Å². The Labute approximate surface area is 109 Å². The van der Waals surface area contributed by atoms with Crippen LogP contribution in [0.25, 0.3) is 0 Å². The third-order valence-electron chi connectivity index (χ3n) is 2.89. The molecule has 1 fully saturated rings. The maximum atomic E-state index is 11.6. The van der Waals surface area contributed by atoms with E-state index in [0.29, 0.717) is 0 Å². The number of ether oxygens (including phenoxy) is 1. The van der Waals surface area contributed by atoms with Gasteiger partial charge in [-0.15, -0.1) is 0 Å². The Kier molecular flexibility index (Phi) is 6.68. The minimum Gasteiger partial charge on any atom is -0.379 e. The topological polar surface area (TPSA) is 34.5 Å². The molecule has 0 spiro atoms. The van der Waals surface area contributed by atoms with Crippen molar-refractivity contribution in [3.8, 4) is 0 Å². The molecule has 1 aromatic rings. The summed E-state index contributed by atoms with van der Waals surface area (Å²) >= 11 is 0. The van der Waals surface area contributed by atoms with Crippen molar-refractivity contribution in [3.05, 3.63) is 34.2 Å². The van der Waals surface area contributed by atoms with Gasteiger partial charge in [-0.3, -0.25) is 9.69 Å². The lowest BCUT2D eigenvalue weighted by molar-refractivity contribution is 0.0363. The molecule has 1 saturated heterocycles. The summed E-state index contributed by atoms with van der Waals surface area (Å²) in [5.74, 6) is 0. The SMILES string of the molecule is CC.Cc1ccc(=O)n(CCN2CCOCC2)c1. The van der Waals surface area contributed by atoms with Crippen molar-refractivity contribution in [2.24, 2.45) is 0 Å². The molecule has 0 aliphatic carbocycles. The summed E-state index contributed by atoms with van der Waals surface area (Å²) < 4.78 is 7.07. The zero-order valence-corrected chi connectivity index (χ0v) is 11.7. The highest BCUT2D eigenvalue weighted by atomic mass is 16.5. The molecular weight excluding hydrogens is 228 g/mol. The van der Waals surface area contributed by atoms with Gasteiger partial charge in [-0.1, -0.05) is 19.9 Å². The molecule has 102 valence electrons. The van der Waals surface area contributed by atoms with Crippen LogP contribution < -0.4 is 5.56 Å². The average Bonchev–Trinajstić information content (AvgIpc) is 2.43. The lowest BCUT2D eigenvalue weighted by Crippen LogP contribution is -2.39. The molecule has 0 saturated carbocycles. The van der Waals surface area contributed by atoms with E-state index in [0.717, 1.165) is 45.0 Å². The van der Waals surface area contributed by atoms with Gasteiger partial charge < -0.3 is 9.30 Å². The number of hydrogen-bond donors (Lipinski definition) is 0. The monoisotopic (exact) mass is 252 g/mol. The number of nitrogens with zero attached hydrogens (tertiary/aromatic N) is 2. The summed E-state index contributed by atoms with van der Waals surface area (Å²) in [5.41, 5.74) is 1.21. The normalized spacial score (nSPS) is 15.9. The van der Waals surface area contributed by atoms with Crippen LogP contribution in [0.3, 0.4) is 0 Å². The Morgan fingerprint density at radius 1 is 1.17 bits per heavy atom. The van der Waals surface area contributed by atoms with Crippen LogP contribution in [-0.2, 0) is 11.3 Å². The van der Waals surface area contributed by atoms with Gasteiger partial charge in [-0.05, 0) is 12.5 Å². The molecule has 1 aliphatic rings. The van der Waals surface area contributed by atoms with Crippen LogP contribution in [0.15, 0.2) is 23.1 Å². The van der Waals surface area contributed by atoms with Crippen LogP contribution in [0.5, 0.6) is 0 Å². The third-order valence-corrected chi connectivity index (χ3v) is 2.89. The van der Waals surface area contributed by atoms with Crippen molar-refractivity contribution >= 4 is 0 Å². The van der Waals surface area contributed by atoms with E-state index < -0.39 is 0 Å². The summed E-state index contributed by atoms with van der Waals surface area (Å²) in [7, 11) is 0. The maximum Gasteiger partial charge on any atom is 0.250 e. The van der Waals surface area contributed by atoms with Crippen molar-refractivity contribution in [3.63, 3.8) is 0 Å². The molecule has 4 nitrogen and oxygen atoms in total. The van der Waals surface area contributed by atoms with Crippen LogP contribution in [-0.4, -0.2) is 42.3 Å². The number of morpholine rings is 1. The molecule has 4 heteroatoms. The van der Waals surface area contributed by atoms with Crippen molar-refractivity contribution in [2.45, 2.75) is 27.3 Å². The quantitative estimate of drug-likeness (QED) is 0.818. The molecule has 0 amide bonds. The molecular formula is C14H24N2O2. The lowest BCUT2D eigenvalue weighted by Gasteiger charge is -2.26. The fraction of sp³-hybridized carbons (Fsp3) is 0.643. The molecule has 1 aromatic heterocycles. The number of aromatic nitrogens is 1. The van der Waals surface area contributed by atoms with Gasteiger partial charge in [0.15, 0.2) is 0 Å². The molecule has 18 heavy (non-hydrogen) atoms. The highest BCUT2D eigenvalue weighted by Gasteiger charge is 2.09. The Bertz CT molecular complexity index is 395. The van der Waals surface area contributed by atoms with Crippen LogP contribution >= 0.6 is 0 Å². The van der Waals surface area contributed by atoms with E-state index in [9.17, 15) is 4.79 Å². The molecule has 0 bridgehead atoms. The maximum absolute atomic E-state index is 11.6. The Hall–Kier alpha value is -1.13. The van der Waals surface area contributed by atoms with E-state index in [1.807, 2.05) is 33.0 Å². The second kappa shape index (κ2) is 8.06. The predicted molar refractivity (Wildman–Crippen MR) is 74.0 cm³/mol. The molecule has 1 aliphatic heterocycles. The Morgan fingerprint density at radius 3 is 2.50 bits per heavy atom. The Morgan fingerprint density at radius 2 is 1.83 bits per heavy atom. The first-order valence-corrected chi connectivity index (χ1v) is 6.73. The molecule has 2 heterocycles. The minimum absolute atomic E-state index is 0.0823. The smallest absolute Gasteiger partial charge is 0.250 e. The van der Waals surface area contributed by atoms with Gasteiger partial charge in [-0.2, -0.15) is 0 Å². The van der Waals surface area contributed by atoms with E-state index in [2.05, 4.69) is 4.90 Å². The van der Waals surface area contributed by atoms with Crippen molar-refractivity contribution in [2.75, 3.05) is 32.8 Å². The molecule has 0 aromatic carbocycles. The van der Waals surface area contributed by atoms with Gasteiger partial charge in [0, 0.05) is 38.4 Å². The Balaban J connectivity index is 0.000000771. The van der Waals surface area contributed by atoms with Gasteiger partial charge in [-0.25, -0.2) is 0 Å². The zero-order chi connectivity index (χ0) is 13.4. The number of pyridine rings is 1. The fourth-order valence-electron chi connectivity index (χ4n) is 1.90. The molecule has 0 N–H and O–H groups in total. The van der Waals surface area contributed by atoms with Crippen molar-refractivity contribution in [1.82, 2.24) is 9.47 Å². The zero-order valence-electron chi connectivity index (χ0n) is 11.7. The first-order valence-electron chi connectivity index (χ1n) is 6.73. The fourth-order valence-corrected chi connectivity index (χ4v) is 1.90. The van der Waals surface area contributed by atoms with Gasteiger partial charge >= 0.3 is 0 Å². The summed E-state index contributed by atoms with van der Waals surface area (Å²) in [6.45, 7) is 11.3. The highest BCUT2D eigenvalue weighted by Crippen LogP contribution is 1.98. The number of aryl methyl sites for hydroxylation is 1. The standard InChI is InChI=1S/C12H18N2O2.C2H6/c1-11-2-3-12(15)14(10-11)5-4-13-6-8-16-9-7-13;1-2/h2-3,10H,4-9H2,1H3;1-2H3. The molecule has 0 unspecified atom stereocenters. The summed E-state index contributed by atoms with van der Waals surface area (Å²) in [6, 6.07) is 3.49. The summed E-state index contributed by atoms with van der Waals surface area (Å²) in [5, 5.41) is 0. The molecule has 0 radical (unpaired) electrons. The first-order chi connectivity index (χ1) is 8.75. The van der Waals surface area contributed by atoms with E-state index in [-0.39, 0.29) is 5.56 Å². The second-order valence-corrected chi connectivity index (χ2v) is 4.19. The van der Waals surface area contributed by atoms with Crippen molar-refractivity contribution in [1.29, 1.82) is 0 Å². The largest absolute Gasteiger partial charge is 0.379 e. The lowest BCUT2D eigenvalue weighted by atomic mass is 10.3. The number of hydrogen-bond acceptors (Lipinski definition) is 3.